The Bertz CT molecular complexity index is 698. The van der Waals surface area contributed by atoms with Crippen LogP contribution in [0.25, 0.3) is 0 Å². The van der Waals surface area contributed by atoms with E-state index in [0.717, 1.165) is 32.1 Å². The van der Waals surface area contributed by atoms with Crippen molar-refractivity contribution in [3.05, 3.63) is 17.7 Å². The third-order valence-electron chi connectivity index (χ3n) is 5.66. The Morgan fingerprint density at radius 3 is 2.28 bits per heavy atom. The molecule has 0 N–H and O–H groups in total. The topological polar surface area (TPSA) is 50.6 Å². The Balaban J connectivity index is 1.67. The number of nitrogens with zero attached hydrogens (tertiary/aromatic N) is 4. The van der Waals surface area contributed by atoms with Gasteiger partial charge in [-0.15, -0.1) is 5.06 Å². The van der Waals surface area contributed by atoms with Crippen molar-refractivity contribution < 1.29 is 22.8 Å². The largest absolute Gasteiger partial charge is 0.433 e. The molecule has 0 amide bonds. The first-order valence-electron chi connectivity index (χ1n) is 10.4. The number of imidazole rings is 1. The van der Waals surface area contributed by atoms with Crippen LogP contribution in [0.1, 0.15) is 63.9 Å². The summed E-state index contributed by atoms with van der Waals surface area (Å²) in [6, 6.07) is 0. The van der Waals surface area contributed by atoms with Crippen LogP contribution >= 0.6 is 0 Å². The Morgan fingerprint density at radius 1 is 1.10 bits per heavy atom. The van der Waals surface area contributed by atoms with Gasteiger partial charge in [0, 0.05) is 32.1 Å². The smallest absolute Gasteiger partial charge is 0.367 e. The molecule has 2 fully saturated rings. The van der Waals surface area contributed by atoms with E-state index >= 15 is 0 Å². The summed E-state index contributed by atoms with van der Waals surface area (Å²) in [6.45, 7) is 9.15. The average Bonchev–Trinajstić information content (AvgIpc) is 3.29. The van der Waals surface area contributed by atoms with Gasteiger partial charge in [0.05, 0.1) is 11.6 Å². The second kappa shape index (κ2) is 8.63. The molecule has 164 valence electrons. The van der Waals surface area contributed by atoms with Gasteiger partial charge in [-0.25, -0.2) is 9.78 Å². The molecule has 0 atom stereocenters. The Morgan fingerprint density at radius 2 is 1.72 bits per heavy atom. The van der Waals surface area contributed by atoms with Crippen molar-refractivity contribution in [1.82, 2.24) is 19.5 Å². The number of carbonyl (C=O) groups excluding carboxylic acids is 1. The molecule has 0 radical (unpaired) electrons. The lowest BCUT2D eigenvalue weighted by Crippen LogP contribution is -2.39. The van der Waals surface area contributed by atoms with Crippen LogP contribution in [0, 0.1) is 5.41 Å². The van der Waals surface area contributed by atoms with Gasteiger partial charge in [0.25, 0.3) is 0 Å². The van der Waals surface area contributed by atoms with Crippen LogP contribution in [0.4, 0.5) is 13.2 Å². The van der Waals surface area contributed by atoms with Gasteiger partial charge >= 0.3 is 12.1 Å². The van der Waals surface area contributed by atoms with Crippen LogP contribution in [-0.4, -0.2) is 58.2 Å². The molecule has 29 heavy (non-hydrogen) atoms. The molecule has 2 aliphatic rings. The summed E-state index contributed by atoms with van der Waals surface area (Å²) in [7, 11) is 0. The van der Waals surface area contributed by atoms with Crippen molar-refractivity contribution in [2.24, 2.45) is 5.41 Å². The maximum Gasteiger partial charge on any atom is 0.433 e. The third-order valence-corrected chi connectivity index (χ3v) is 5.66. The minimum Gasteiger partial charge on any atom is -0.367 e. The summed E-state index contributed by atoms with van der Waals surface area (Å²) >= 11 is 0. The molecular weight excluding hydrogens is 385 g/mol. The summed E-state index contributed by atoms with van der Waals surface area (Å²) in [5, 5.41) is 1.62. The lowest BCUT2D eigenvalue weighted by atomic mass is 9.96. The normalized spacial score (nSPS) is 20.3. The van der Waals surface area contributed by atoms with Crippen LogP contribution in [0.5, 0.6) is 0 Å². The predicted molar refractivity (Wildman–Crippen MR) is 102 cm³/mol. The Kier molecular flexibility index (Phi) is 6.57. The van der Waals surface area contributed by atoms with Crippen LogP contribution < -0.4 is 0 Å². The highest BCUT2D eigenvalue weighted by atomic mass is 19.4. The molecule has 6 nitrogen and oxygen atoms in total. The molecule has 0 saturated carbocycles. The number of piperidine rings is 1. The number of hydroxylamine groups is 2. The molecular formula is C20H31F3N4O2. The molecule has 1 aromatic rings. The van der Waals surface area contributed by atoms with Crippen molar-refractivity contribution in [2.45, 2.75) is 65.1 Å². The SMILES string of the molecule is CC(C)(C)C(=O)ON1CCC(c2ncc(C(F)(F)F)n2CCN2CCCC2)CC1. The molecule has 1 aromatic heterocycles. The van der Waals surface area contributed by atoms with E-state index in [4.69, 9.17) is 4.84 Å². The van der Waals surface area contributed by atoms with Crippen LogP contribution in [0.3, 0.4) is 0 Å². The van der Waals surface area contributed by atoms with Gasteiger partial charge in [-0.2, -0.15) is 13.2 Å². The minimum atomic E-state index is -4.42. The molecule has 9 heteroatoms. The number of likely N-dealkylation sites (tertiary alicyclic amines) is 1. The van der Waals surface area contributed by atoms with Gasteiger partial charge in [-0.1, -0.05) is 0 Å². The van der Waals surface area contributed by atoms with Gasteiger partial charge in [-0.3, -0.25) is 0 Å². The number of halogens is 3. The lowest BCUT2D eigenvalue weighted by Gasteiger charge is -2.32. The summed E-state index contributed by atoms with van der Waals surface area (Å²) in [5.41, 5.74) is -1.27. The Labute approximate surface area is 170 Å². The van der Waals surface area contributed by atoms with Gasteiger partial charge in [0.15, 0.2) is 0 Å². The minimum absolute atomic E-state index is 0.0748. The third kappa shape index (κ3) is 5.51. The first kappa shape index (κ1) is 22.1. The molecule has 0 bridgehead atoms. The van der Waals surface area contributed by atoms with Crippen LogP contribution in [0.15, 0.2) is 6.20 Å². The fourth-order valence-corrected chi connectivity index (χ4v) is 3.88. The van der Waals surface area contributed by atoms with Crippen LogP contribution in [0.2, 0.25) is 0 Å². The number of hydrogen-bond donors (Lipinski definition) is 0. The standard InChI is InChI=1S/C20H31F3N4O2/c1-19(2,3)18(28)29-26-10-6-15(7-11-26)17-24-14-16(20(21,22)23)27(17)13-12-25-8-4-5-9-25/h14-15H,4-13H2,1-3H3. The molecule has 2 aliphatic heterocycles. The second-order valence-corrected chi connectivity index (χ2v) is 9.03. The van der Waals surface area contributed by atoms with Crippen molar-refractivity contribution in [3.8, 4) is 0 Å². The van der Waals surface area contributed by atoms with E-state index in [9.17, 15) is 18.0 Å². The van der Waals surface area contributed by atoms with E-state index in [1.165, 1.54) is 4.57 Å². The molecule has 0 aromatic carbocycles. The zero-order chi connectivity index (χ0) is 21.2. The monoisotopic (exact) mass is 416 g/mol. The van der Waals surface area contributed by atoms with Crippen molar-refractivity contribution in [1.29, 1.82) is 0 Å². The number of rotatable bonds is 5. The van der Waals surface area contributed by atoms with Crippen molar-refractivity contribution in [2.75, 3.05) is 32.7 Å². The highest BCUT2D eigenvalue weighted by Gasteiger charge is 2.38. The summed E-state index contributed by atoms with van der Waals surface area (Å²) in [6.07, 6.45) is -0.0290. The van der Waals surface area contributed by atoms with Gasteiger partial charge in [0.2, 0.25) is 0 Å². The fraction of sp³-hybridized carbons (Fsp3) is 0.800. The molecule has 2 saturated heterocycles. The highest BCUT2D eigenvalue weighted by molar-refractivity contribution is 5.75. The van der Waals surface area contributed by atoms with E-state index in [-0.39, 0.29) is 11.9 Å². The van der Waals surface area contributed by atoms with Crippen LogP contribution in [-0.2, 0) is 22.4 Å². The molecule has 0 unspecified atom stereocenters. The first-order chi connectivity index (χ1) is 13.6. The number of carbonyl (C=O) groups is 1. The lowest BCUT2D eigenvalue weighted by molar-refractivity contribution is -0.204. The van der Waals surface area contributed by atoms with E-state index in [0.29, 0.717) is 44.8 Å². The fourth-order valence-electron chi connectivity index (χ4n) is 3.88. The van der Waals surface area contributed by atoms with Crippen molar-refractivity contribution in [3.63, 3.8) is 0 Å². The molecule has 3 rings (SSSR count). The second-order valence-electron chi connectivity index (χ2n) is 9.03. The summed E-state index contributed by atoms with van der Waals surface area (Å²) in [4.78, 5) is 23.9. The summed E-state index contributed by atoms with van der Waals surface area (Å²) < 4.78 is 41.9. The van der Waals surface area contributed by atoms with Gasteiger partial charge in [0.1, 0.15) is 11.5 Å². The van der Waals surface area contributed by atoms with Crippen molar-refractivity contribution >= 4 is 5.97 Å². The number of hydrogen-bond acceptors (Lipinski definition) is 5. The predicted octanol–water partition coefficient (Wildman–Crippen LogP) is 3.68. The number of aromatic nitrogens is 2. The van der Waals surface area contributed by atoms with E-state index in [2.05, 4.69) is 9.88 Å². The van der Waals surface area contributed by atoms with E-state index in [1.54, 1.807) is 25.8 Å². The average molecular weight is 416 g/mol. The molecule has 0 aliphatic carbocycles. The van der Waals surface area contributed by atoms with E-state index < -0.39 is 17.3 Å². The quantitative estimate of drug-likeness (QED) is 0.733. The van der Waals surface area contributed by atoms with E-state index in [1.807, 2.05) is 0 Å². The van der Waals surface area contributed by atoms with Gasteiger partial charge in [-0.05, 0) is 59.5 Å². The molecule has 0 spiro atoms. The zero-order valence-corrected chi connectivity index (χ0v) is 17.5. The summed E-state index contributed by atoms with van der Waals surface area (Å²) in [5.74, 6) is 0.120. The molecule has 3 heterocycles. The zero-order valence-electron chi connectivity index (χ0n) is 17.5. The Hall–Kier alpha value is -1.61. The maximum absolute atomic E-state index is 13.5. The first-order valence-corrected chi connectivity index (χ1v) is 10.4. The highest BCUT2D eigenvalue weighted by Crippen LogP contribution is 2.34. The maximum atomic E-state index is 13.5. The van der Waals surface area contributed by atoms with Gasteiger partial charge < -0.3 is 14.3 Å². The number of alkyl halides is 3.